The molecule has 6 nitrogen and oxygen atoms in total. The number of hydrogen-bond acceptors (Lipinski definition) is 5. The molecule has 2 aromatic rings. The van der Waals surface area contributed by atoms with E-state index in [-0.39, 0.29) is 17.9 Å². The van der Waals surface area contributed by atoms with Crippen LogP contribution in [0.25, 0.3) is 5.13 Å². The Bertz CT molecular complexity index is 639. The van der Waals surface area contributed by atoms with Crippen LogP contribution in [0.1, 0.15) is 33.1 Å². The Hall–Kier alpha value is -1.89. The minimum atomic E-state index is 0.0386. The van der Waals surface area contributed by atoms with Gasteiger partial charge in [0.1, 0.15) is 0 Å². The minimum Gasteiger partial charge on any atom is -0.353 e. The number of piperidine rings is 1. The van der Waals surface area contributed by atoms with E-state index >= 15 is 0 Å². The number of hydrogen-bond donors (Lipinski definition) is 1. The molecule has 3 rings (SSSR count). The van der Waals surface area contributed by atoms with E-state index in [2.05, 4.69) is 27.3 Å². The van der Waals surface area contributed by atoms with Gasteiger partial charge in [-0.2, -0.15) is 0 Å². The van der Waals surface area contributed by atoms with Crippen molar-refractivity contribution in [2.45, 2.75) is 39.2 Å². The highest BCUT2D eigenvalue weighted by molar-refractivity contribution is 7.17. The molecule has 2 atom stereocenters. The van der Waals surface area contributed by atoms with Crippen LogP contribution in [0, 0.1) is 5.92 Å². The molecule has 0 spiro atoms. The Labute approximate surface area is 140 Å². The van der Waals surface area contributed by atoms with Crippen molar-refractivity contribution in [3.63, 3.8) is 0 Å². The van der Waals surface area contributed by atoms with Gasteiger partial charge in [-0.15, -0.1) is 10.2 Å². The maximum absolute atomic E-state index is 12.4. The number of carbonyl (C=O) groups is 1. The van der Waals surface area contributed by atoms with Gasteiger partial charge in [-0.05, 0) is 38.3 Å². The van der Waals surface area contributed by atoms with Crippen molar-refractivity contribution in [1.29, 1.82) is 0 Å². The molecule has 0 aromatic carbocycles. The summed E-state index contributed by atoms with van der Waals surface area (Å²) in [5.41, 5.74) is 0. The normalized spacial score (nSPS) is 19.6. The van der Waals surface area contributed by atoms with Crippen LogP contribution in [0.2, 0.25) is 0 Å². The Morgan fingerprint density at radius 3 is 2.87 bits per heavy atom. The number of rotatable bonds is 5. The molecule has 7 heteroatoms. The summed E-state index contributed by atoms with van der Waals surface area (Å²) in [5.74, 6) is 0.205. The van der Waals surface area contributed by atoms with Crippen molar-refractivity contribution in [2.24, 2.45) is 5.92 Å². The van der Waals surface area contributed by atoms with Crippen molar-refractivity contribution in [1.82, 2.24) is 20.1 Å². The topological polar surface area (TPSA) is 63.1 Å². The lowest BCUT2D eigenvalue weighted by Crippen LogP contribution is -2.45. The second-order valence-corrected chi connectivity index (χ2v) is 6.99. The Balaban J connectivity index is 1.65. The summed E-state index contributed by atoms with van der Waals surface area (Å²) in [7, 11) is 0. The van der Waals surface area contributed by atoms with Gasteiger partial charge in [0.15, 0.2) is 0 Å². The van der Waals surface area contributed by atoms with Crippen LogP contribution >= 0.6 is 11.3 Å². The second-order valence-electron chi connectivity index (χ2n) is 6.06. The van der Waals surface area contributed by atoms with Crippen LogP contribution in [-0.2, 0) is 4.79 Å². The lowest BCUT2D eigenvalue weighted by Gasteiger charge is -2.32. The molecule has 1 saturated heterocycles. The average molecular weight is 333 g/mol. The molecule has 3 heterocycles. The van der Waals surface area contributed by atoms with Gasteiger partial charge in [-0.25, -0.2) is 0 Å². The van der Waals surface area contributed by atoms with E-state index in [0.717, 1.165) is 42.6 Å². The highest BCUT2D eigenvalue weighted by Gasteiger charge is 2.28. The summed E-state index contributed by atoms with van der Waals surface area (Å²) in [6.45, 7) is 5.80. The van der Waals surface area contributed by atoms with Gasteiger partial charge in [0.2, 0.25) is 16.2 Å². The third kappa shape index (κ3) is 3.72. The molecular formula is C16H23N5OS. The molecule has 0 unspecified atom stereocenters. The summed E-state index contributed by atoms with van der Waals surface area (Å²) in [6.07, 6.45) is 6.84. The summed E-state index contributed by atoms with van der Waals surface area (Å²) in [6, 6.07) is 4.17. The van der Waals surface area contributed by atoms with Gasteiger partial charge in [0.25, 0.3) is 0 Å². The highest BCUT2D eigenvalue weighted by Crippen LogP contribution is 2.27. The van der Waals surface area contributed by atoms with Crippen LogP contribution in [0.15, 0.2) is 24.5 Å². The zero-order valence-corrected chi connectivity index (χ0v) is 14.4. The molecule has 1 aliphatic rings. The van der Waals surface area contributed by atoms with Crippen LogP contribution < -0.4 is 10.2 Å². The maximum atomic E-state index is 12.4. The quantitative estimate of drug-likeness (QED) is 0.913. The van der Waals surface area contributed by atoms with Crippen LogP contribution in [0.3, 0.4) is 0 Å². The SMILES string of the molecule is CC[C@H](C)NC(=O)[C@H]1CCCN(c2nnc(-n3cccc3)s2)C1. The largest absolute Gasteiger partial charge is 0.353 e. The van der Waals surface area contributed by atoms with Gasteiger partial charge in [0, 0.05) is 31.5 Å². The third-order valence-electron chi connectivity index (χ3n) is 4.29. The number of aromatic nitrogens is 3. The lowest BCUT2D eigenvalue weighted by atomic mass is 9.97. The molecule has 1 N–H and O–H groups in total. The fraction of sp³-hybridized carbons (Fsp3) is 0.562. The smallest absolute Gasteiger partial charge is 0.225 e. The maximum Gasteiger partial charge on any atom is 0.225 e. The Morgan fingerprint density at radius 1 is 1.39 bits per heavy atom. The summed E-state index contributed by atoms with van der Waals surface area (Å²) in [5, 5.41) is 13.4. The molecule has 2 aromatic heterocycles. The van der Waals surface area contributed by atoms with Crippen molar-refractivity contribution in [3.8, 4) is 5.13 Å². The van der Waals surface area contributed by atoms with Crippen molar-refractivity contribution in [3.05, 3.63) is 24.5 Å². The first-order chi connectivity index (χ1) is 11.2. The zero-order chi connectivity index (χ0) is 16.2. The lowest BCUT2D eigenvalue weighted by molar-refractivity contribution is -0.125. The molecule has 0 bridgehead atoms. The molecule has 124 valence electrons. The van der Waals surface area contributed by atoms with Crippen molar-refractivity contribution < 1.29 is 4.79 Å². The van der Waals surface area contributed by atoms with E-state index in [9.17, 15) is 4.79 Å². The fourth-order valence-electron chi connectivity index (χ4n) is 2.73. The summed E-state index contributed by atoms with van der Waals surface area (Å²) < 4.78 is 1.96. The van der Waals surface area contributed by atoms with Crippen molar-refractivity contribution in [2.75, 3.05) is 18.0 Å². The van der Waals surface area contributed by atoms with E-state index < -0.39 is 0 Å². The molecule has 1 amide bonds. The zero-order valence-electron chi connectivity index (χ0n) is 13.6. The van der Waals surface area contributed by atoms with E-state index in [0.29, 0.717) is 0 Å². The van der Waals surface area contributed by atoms with E-state index in [1.807, 2.05) is 36.0 Å². The number of anilines is 1. The first-order valence-electron chi connectivity index (χ1n) is 8.19. The van der Waals surface area contributed by atoms with Gasteiger partial charge in [-0.1, -0.05) is 18.3 Å². The van der Waals surface area contributed by atoms with E-state index in [1.54, 1.807) is 11.3 Å². The van der Waals surface area contributed by atoms with E-state index in [1.165, 1.54) is 0 Å². The molecule has 1 fully saturated rings. The molecule has 0 saturated carbocycles. The van der Waals surface area contributed by atoms with Gasteiger partial charge < -0.3 is 10.2 Å². The summed E-state index contributed by atoms with van der Waals surface area (Å²) in [4.78, 5) is 14.6. The van der Waals surface area contributed by atoms with Gasteiger partial charge in [-0.3, -0.25) is 9.36 Å². The van der Waals surface area contributed by atoms with E-state index in [4.69, 9.17) is 0 Å². The molecular weight excluding hydrogens is 310 g/mol. The first kappa shape index (κ1) is 16.0. The van der Waals surface area contributed by atoms with Crippen LogP contribution in [0.5, 0.6) is 0 Å². The minimum absolute atomic E-state index is 0.0386. The highest BCUT2D eigenvalue weighted by atomic mass is 32.1. The molecule has 23 heavy (non-hydrogen) atoms. The number of nitrogens with one attached hydrogen (secondary N) is 1. The third-order valence-corrected chi connectivity index (χ3v) is 5.29. The predicted molar refractivity (Wildman–Crippen MR) is 92.1 cm³/mol. The molecule has 0 radical (unpaired) electrons. The standard InChI is InChI=1S/C16H23N5OS/c1-3-12(2)17-14(22)13-7-6-10-21(11-13)16-19-18-15(23-16)20-8-4-5-9-20/h4-5,8-9,12-13H,3,6-7,10-11H2,1-2H3,(H,17,22)/t12-,13-/m0/s1. The Kier molecular flexibility index (Phi) is 4.95. The Morgan fingerprint density at radius 2 is 2.13 bits per heavy atom. The van der Waals surface area contributed by atoms with Crippen LogP contribution in [0.4, 0.5) is 5.13 Å². The second kappa shape index (κ2) is 7.12. The monoisotopic (exact) mass is 333 g/mol. The molecule has 0 aliphatic carbocycles. The van der Waals surface area contributed by atoms with Crippen molar-refractivity contribution >= 4 is 22.4 Å². The number of carbonyl (C=O) groups excluding carboxylic acids is 1. The fourth-order valence-corrected chi connectivity index (χ4v) is 3.58. The van der Waals surface area contributed by atoms with Gasteiger partial charge >= 0.3 is 0 Å². The number of nitrogens with zero attached hydrogens (tertiary/aromatic N) is 4. The van der Waals surface area contributed by atoms with Gasteiger partial charge in [0.05, 0.1) is 5.92 Å². The predicted octanol–water partition coefficient (Wildman–Crippen LogP) is 2.46. The first-order valence-corrected chi connectivity index (χ1v) is 9.01. The molecule has 1 aliphatic heterocycles. The number of amides is 1. The van der Waals surface area contributed by atoms with Crippen LogP contribution in [-0.4, -0.2) is 39.8 Å². The average Bonchev–Trinajstić information content (AvgIpc) is 3.25. The summed E-state index contributed by atoms with van der Waals surface area (Å²) >= 11 is 1.56.